The van der Waals surface area contributed by atoms with Crippen molar-refractivity contribution in [3.8, 4) is 23.0 Å². The number of amides is 1. The number of ketones is 1. The maximum Gasteiger partial charge on any atom is 0.300 e. The van der Waals surface area contributed by atoms with Gasteiger partial charge in [-0.2, -0.15) is 0 Å². The number of aliphatic hydroxyl groups excluding tert-OH is 1. The van der Waals surface area contributed by atoms with Gasteiger partial charge >= 0.3 is 0 Å². The van der Waals surface area contributed by atoms with Gasteiger partial charge in [0.1, 0.15) is 22.3 Å². The van der Waals surface area contributed by atoms with Crippen LogP contribution in [-0.4, -0.2) is 44.2 Å². The average Bonchev–Trinajstić information content (AvgIpc) is 3.18. The number of rotatable bonds is 8. The number of Topliss-reactive ketones (excluding diaryl/α,β-unsaturated/α-hetero) is 1. The van der Waals surface area contributed by atoms with Crippen molar-refractivity contribution in [2.75, 3.05) is 26.2 Å². The summed E-state index contributed by atoms with van der Waals surface area (Å²) in [6.45, 7) is 3.81. The number of nitrogens with zero attached hydrogens (tertiary/aromatic N) is 1. The van der Waals surface area contributed by atoms with Gasteiger partial charge in [0.2, 0.25) is 0 Å². The predicted octanol–water partition coefficient (Wildman–Crippen LogP) is 6.43. The molecule has 1 aliphatic rings. The van der Waals surface area contributed by atoms with Crippen molar-refractivity contribution < 1.29 is 33.6 Å². The maximum atomic E-state index is 13.5. The highest BCUT2D eigenvalue weighted by Gasteiger charge is 2.47. The Morgan fingerprint density at radius 2 is 1.46 bits per heavy atom. The van der Waals surface area contributed by atoms with Crippen molar-refractivity contribution in [2.24, 2.45) is 0 Å². The summed E-state index contributed by atoms with van der Waals surface area (Å²) in [6.07, 6.45) is -0.0393. The molecule has 1 atom stereocenters. The van der Waals surface area contributed by atoms with Crippen LogP contribution >= 0.6 is 23.2 Å². The molecule has 0 radical (unpaired) electrons. The second-order valence-electron chi connectivity index (χ2n) is 8.89. The van der Waals surface area contributed by atoms with E-state index in [4.69, 9.17) is 42.1 Å². The Bertz CT molecular complexity index is 1430. The molecule has 1 aliphatic heterocycles. The normalized spacial score (nSPS) is 16.5. The van der Waals surface area contributed by atoms with Gasteiger partial charge in [-0.05, 0) is 61.9 Å². The molecule has 0 saturated carbocycles. The number of hydrogen-bond acceptors (Lipinski definition) is 7. The molecule has 1 N–H and O–H groups in total. The van der Waals surface area contributed by atoms with Crippen LogP contribution in [0.4, 0.5) is 5.69 Å². The number of carbonyl (C=O) groups excluding carboxylic acids is 2. The number of anilines is 1. The summed E-state index contributed by atoms with van der Waals surface area (Å²) in [5, 5.41) is 11.7. The van der Waals surface area contributed by atoms with Crippen molar-refractivity contribution in [2.45, 2.75) is 26.0 Å². The van der Waals surface area contributed by atoms with Crippen LogP contribution in [0.25, 0.3) is 5.76 Å². The molecule has 0 aromatic heterocycles. The first-order chi connectivity index (χ1) is 18.6. The molecule has 0 spiro atoms. The summed E-state index contributed by atoms with van der Waals surface area (Å²) < 4.78 is 21.7. The van der Waals surface area contributed by atoms with Crippen LogP contribution in [0, 0.1) is 0 Å². The zero-order valence-electron chi connectivity index (χ0n) is 22.0. The molecule has 1 heterocycles. The lowest BCUT2D eigenvalue weighted by Gasteiger charge is -2.26. The van der Waals surface area contributed by atoms with Crippen molar-refractivity contribution in [3.05, 3.63) is 81.3 Å². The molecular weight excluding hydrogens is 545 g/mol. The highest BCUT2D eigenvalue weighted by atomic mass is 35.5. The van der Waals surface area contributed by atoms with Crippen LogP contribution in [0.15, 0.2) is 60.2 Å². The summed E-state index contributed by atoms with van der Waals surface area (Å²) >= 11 is 12.8. The predicted molar refractivity (Wildman–Crippen MR) is 150 cm³/mol. The fourth-order valence-corrected chi connectivity index (χ4v) is 5.14. The number of halogens is 2. The number of ether oxygens (including phenoxy) is 4. The maximum absolute atomic E-state index is 13.5. The Morgan fingerprint density at radius 1 is 0.872 bits per heavy atom. The van der Waals surface area contributed by atoms with Gasteiger partial charge in [-0.1, -0.05) is 35.3 Å². The van der Waals surface area contributed by atoms with Crippen LogP contribution in [-0.2, 0) is 9.59 Å². The summed E-state index contributed by atoms with van der Waals surface area (Å²) in [7, 11) is 4.27. The Kier molecular flexibility index (Phi) is 8.28. The topological polar surface area (TPSA) is 94.5 Å². The van der Waals surface area contributed by atoms with E-state index < -0.39 is 23.5 Å². The minimum atomic E-state index is -0.989. The van der Waals surface area contributed by atoms with Crippen molar-refractivity contribution in [1.29, 1.82) is 0 Å². The van der Waals surface area contributed by atoms with Crippen LogP contribution in [0.2, 0.25) is 10.0 Å². The summed E-state index contributed by atoms with van der Waals surface area (Å²) in [5.74, 6) is -0.840. The molecule has 1 unspecified atom stereocenters. The smallest absolute Gasteiger partial charge is 0.300 e. The molecule has 1 fully saturated rings. The molecule has 10 heteroatoms. The Balaban J connectivity index is 1.95. The van der Waals surface area contributed by atoms with E-state index in [1.807, 2.05) is 13.8 Å². The fourth-order valence-electron chi connectivity index (χ4n) is 4.45. The molecule has 4 rings (SSSR count). The Labute approximate surface area is 236 Å². The number of methoxy groups -OCH3 is 3. The number of hydrogen-bond donors (Lipinski definition) is 1. The minimum absolute atomic E-state index is 0.00465. The molecule has 1 amide bonds. The average molecular weight is 572 g/mol. The van der Waals surface area contributed by atoms with E-state index in [-0.39, 0.29) is 38.8 Å². The van der Waals surface area contributed by atoms with Gasteiger partial charge in [-0.15, -0.1) is 0 Å². The van der Waals surface area contributed by atoms with E-state index in [0.717, 1.165) is 0 Å². The SMILES string of the molecule is COc1ccc(C2/C(=C(\O)c3cc(Cl)c(OC)c(Cl)c3OC)C(=O)C(=O)N2c2ccc(OC(C)C)cc2)cc1. The van der Waals surface area contributed by atoms with Gasteiger partial charge in [-0.3, -0.25) is 14.5 Å². The molecule has 1 saturated heterocycles. The number of benzene rings is 3. The van der Waals surface area contributed by atoms with Crippen molar-refractivity contribution in [3.63, 3.8) is 0 Å². The molecule has 0 aliphatic carbocycles. The summed E-state index contributed by atoms with van der Waals surface area (Å²) in [5.41, 5.74) is 0.864. The third-order valence-electron chi connectivity index (χ3n) is 6.16. The quantitative estimate of drug-likeness (QED) is 0.189. The third-order valence-corrected chi connectivity index (χ3v) is 6.78. The monoisotopic (exact) mass is 571 g/mol. The van der Waals surface area contributed by atoms with E-state index in [9.17, 15) is 14.7 Å². The lowest BCUT2D eigenvalue weighted by Crippen LogP contribution is -2.29. The molecule has 3 aromatic rings. The molecular formula is C29H27Cl2NO7. The lowest BCUT2D eigenvalue weighted by atomic mass is 9.94. The van der Waals surface area contributed by atoms with Gasteiger partial charge in [0, 0.05) is 5.69 Å². The van der Waals surface area contributed by atoms with E-state index in [1.165, 1.54) is 32.3 Å². The van der Waals surface area contributed by atoms with E-state index in [1.54, 1.807) is 48.5 Å². The second kappa shape index (κ2) is 11.5. The van der Waals surface area contributed by atoms with Crippen molar-refractivity contribution in [1.82, 2.24) is 0 Å². The molecule has 39 heavy (non-hydrogen) atoms. The molecule has 8 nitrogen and oxygen atoms in total. The van der Waals surface area contributed by atoms with E-state index in [2.05, 4.69) is 0 Å². The molecule has 3 aromatic carbocycles. The highest BCUT2D eigenvalue weighted by Crippen LogP contribution is 2.48. The lowest BCUT2D eigenvalue weighted by molar-refractivity contribution is -0.132. The first-order valence-corrected chi connectivity index (χ1v) is 12.7. The molecule has 0 bridgehead atoms. The second-order valence-corrected chi connectivity index (χ2v) is 9.67. The standard InChI is InChI=1S/C29H27Cl2NO7/c1-15(2)39-19-12-8-17(9-13-19)32-24(16-6-10-18(36-3)11-7-16)22(26(34)29(32)35)25(33)20-14-21(30)28(38-5)23(31)27(20)37-4/h6-15,24,33H,1-5H3/b25-22+. The fraction of sp³-hybridized carbons (Fsp3) is 0.241. The van der Waals surface area contributed by atoms with Crippen LogP contribution < -0.4 is 23.8 Å². The van der Waals surface area contributed by atoms with Crippen molar-refractivity contribution >= 4 is 46.3 Å². The van der Waals surface area contributed by atoms with Gasteiger partial charge in [0.25, 0.3) is 11.7 Å². The van der Waals surface area contributed by atoms with Gasteiger partial charge < -0.3 is 24.1 Å². The van der Waals surface area contributed by atoms with Crippen LogP contribution in [0.5, 0.6) is 23.0 Å². The van der Waals surface area contributed by atoms with Gasteiger partial charge in [0.05, 0.1) is 49.6 Å². The Morgan fingerprint density at radius 3 is 2.00 bits per heavy atom. The number of aliphatic hydroxyl groups is 1. The largest absolute Gasteiger partial charge is 0.507 e. The molecule has 204 valence electrons. The van der Waals surface area contributed by atoms with Gasteiger partial charge in [-0.25, -0.2) is 0 Å². The van der Waals surface area contributed by atoms with Crippen LogP contribution in [0.3, 0.4) is 0 Å². The van der Waals surface area contributed by atoms with E-state index >= 15 is 0 Å². The van der Waals surface area contributed by atoms with Crippen LogP contribution in [0.1, 0.15) is 31.0 Å². The highest BCUT2D eigenvalue weighted by molar-refractivity contribution is 6.52. The third kappa shape index (κ3) is 5.22. The summed E-state index contributed by atoms with van der Waals surface area (Å²) in [4.78, 5) is 28.3. The minimum Gasteiger partial charge on any atom is -0.507 e. The zero-order chi connectivity index (χ0) is 28.4. The van der Waals surface area contributed by atoms with E-state index in [0.29, 0.717) is 22.7 Å². The number of carbonyl (C=O) groups is 2. The zero-order valence-corrected chi connectivity index (χ0v) is 23.5. The first kappa shape index (κ1) is 28.1. The first-order valence-electron chi connectivity index (χ1n) is 11.9. The van der Waals surface area contributed by atoms with Gasteiger partial charge in [0.15, 0.2) is 11.5 Å². The Hall–Kier alpha value is -3.88. The summed E-state index contributed by atoms with van der Waals surface area (Å²) in [6, 6.07) is 14.0.